The molecule has 0 fully saturated rings. The Kier molecular flexibility index (Phi) is 10.7. The van der Waals surface area contributed by atoms with Crippen molar-refractivity contribution in [2.24, 2.45) is 4.99 Å². The second-order valence-corrected chi connectivity index (χ2v) is 17.3. The van der Waals surface area contributed by atoms with Crippen molar-refractivity contribution in [1.29, 1.82) is 0 Å². The SMILES string of the molecule is CCn1c(=Cc2ccc(N=c3c(=C4Sc5cc(F)ccc5N4C)sc(=Cc4cccc[n+]4CC)n3CC)c[n+]2CC)sc(=C2Sc3c(F)cccc3N2C)c1=O. The Hall–Kier alpha value is -4.76. The van der Waals surface area contributed by atoms with Gasteiger partial charge in [-0.3, -0.25) is 9.36 Å². The van der Waals surface area contributed by atoms with Gasteiger partial charge in [0.15, 0.2) is 17.9 Å². The molecule has 286 valence electrons. The second kappa shape index (κ2) is 15.6. The fourth-order valence-corrected chi connectivity index (χ4v) is 12.0. The molecular weight excluding hydrogens is 785 g/mol. The monoisotopic (exact) mass is 825 g/mol. The molecule has 0 saturated heterocycles. The number of aromatic nitrogens is 4. The fraction of sp³-hybridized carbons (Fsp3) is 0.238. The van der Waals surface area contributed by atoms with Gasteiger partial charge in [-0.25, -0.2) is 13.8 Å². The van der Waals surface area contributed by atoms with Crippen LogP contribution in [0.25, 0.3) is 22.2 Å². The van der Waals surface area contributed by atoms with E-state index >= 15 is 0 Å². The number of halogens is 2. The van der Waals surface area contributed by atoms with Gasteiger partial charge >= 0.3 is 0 Å². The maximum atomic E-state index is 14.7. The summed E-state index contributed by atoms with van der Waals surface area (Å²) >= 11 is 5.99. The van der Waals surface area contributed by atoms with Crippen molar-refractivity contribution >= 4 is 85.5 Å². The maximum absolute atomic E-state index is 14.7. The molecule has 14 heteroatoms. The largest absolute Gasteiger partial charge is 0.337 e. The number of hydrogen-bond donors (Lipinski definition) is 0. The first-order valence-corrected chi connectivity index (χ1v) is 21.8. The van der Waals surface area contributed by atoms with Gasteiger partial charge < -0.3 is 14.4 Å². The number of pyridine rings is 2. The summed E-state index contributed by atoms with van der Waals surface area (Å²) in [7, 11) is 3.91. The van der Waals surface area contributed by atoms with Gasteiger partial charge in [-0.15, -0.1) is 22.7 Å². The quantitative estimate of drug-likeness (QED) is 0.207. The molecular formula is C42H41F2N7OS4+2. The highest BCUT2D eigenvalue weighted by molar-refractivity contribution is 8.09. The molecule has 2 aliphatic rings. The average molecular weight is 826 g/mol. The summed E-state index contributed by atoms with van der Waals surface area (Å²) in [6.45, 7) is 11.1. The first-order valence-electron chi connectivity index (χ1n) is 18.5. The van der Waals surface area contributed by atoms with Crippen LogP contribution in [0.1, 0.15) is 39.1 Å². The molecule has 0 radical (unpaired) electrons. The number of thioether (sulfide) groups is 2. The summed E-state index contributed by atoms with van der Waals surface area (Å²) in [6, 6.07) is 20.3. The van der Waals surface area contributed by atoms with Crippen LogP contribution >= 0.6 is 46.2 Å². The van der Waals surface area contributed by atoms with E-state index in [1.54, 1.807) is 39.8 Å². The minimum Gasteiger partial charge on any atom is -0.337 e. The van der Waals surface area contributed by atoms with Gasteiger partial charge in [-0.2, -0.15) is 9.13 Å². The number of rotatable bonds is 7. The molecule has 6 aromatic rings. The van der Waals surface area contributed by atoms with Gasteiger partial charge in [0.25, 0.3) is 5.56 Å². The summed E-state index contributed by atoms with van der Waals surface area (Å²) in [5.74, 6) is -0.543. The van der Waals surface area contributed by atoms with Crippen molar-refractivity contribution in [1.82, 2.24) is 9.13 Å². The molecule has 0 bridgehead atoms. The van der Waals surface area contributed by atoms with E-state index in [0.29, 0.717) is 29.1 Å². The Morgan fingerprint density at radius 3 is 2.16 bits per heavy atom. The van der Waals surface area contributed by atoms with E-state index < -0.39 is 0 Å². The number of fused-ring (bicyclic) bond motifs is 2. The van der Waals surface area contributed by atoms with Crippen LogP contribution in [0.15, 0.2) is 98.7 Å². The lowest BCUT2D eigenvalue weighted by molar-refractivity contribution is -0.695. The van der Waals surface area contributed by atoms with E-state index in [2.05, 4.69) is 76.1 Å². The minimum atomic E-state index is -0.287. The zero-order valence-corrected chi connectivity index (χ0v) is 35.2. The lowest BCUT2D eigenvalue weighted by atomic mass is 10.3. The van der Waals surface area contributed by atoms with Crippen molar-refractivity contribution in [3.05, 3.63) is 136 Å². The highest BCUT2D eigenvalue weighted by Crippen LogP contribution is 2.47. The van der Waals surface area contributed by atoms with Gasteiger partial charge in [0, 0.05) is 62.4 Å². The van der Waals surface area contributed by atoms with Crippen molar-refractivity contribution in [3.8, 4) is 0 Å². The number of aryl methyl sites for hydroxylation is 2. The topological polar surface area (TPSA) is 53.5 Å². The van der Waals surface area contributed by atoms with E-state index in [0.717, 1.165) is 69.3 Å². The van der Waals surface area contributed by atoms with Gasteiger partial charge in [0.2, 0.25) is 11.4 Å². The van der Waals surface area contributed by atoms with Crippen LogP contribution in [-0.4, -0.2) is 23.2 Å². The maximum Gasteiger partial charge on any atom is 0.271 e. The number of benzene rings is 2. The molecule has 0 spiro atoms. The Bertz CT molecular complexity index is 2930. The number of nitrogens with zero attached hydrogens (tertiary/aromatic N) is 7. The molecule has 0 atom stereocenters. The number of hydrogen-bond acceptors (Lipinski definition) is 8. The van der Waals surface area contributed by atoms with E-state index in [4.69, 9.17) is 4.99 Å². The smallest absolute Gasteiger partial charge is 0.271 e. The molecule has 8 nitrogen and oxygen atoms in total. The van der Waals surface area contributed by atoms with Crippen LogP contribution in [0.5, 0.6) is 0 Å². The highest BCUT2D eigenvalue weighted by atomic mass is 32.2. The third kappa shape index (κ3) is 6.76. The van der Waals surface area contributed by atoms with E-state index in [1.807, 2.05) is 56.3 Å². The molecule has 0 unspecified atom stereocenters. The highest BCUT2D eigenvalue weighted by Gasteiger charge is 2.28. The average Bonchev–Trinajstić information content (AvgIpc) is 3.92. The van der Waals surface area contributed by atoms with Crippen LogP contribution in [0, 0.1) is 11.6 Å². The van der Waals surface area contributed by atoms with Crippen molar-refractivity contribution in [2.45, 2.75) is 63.7 Å². The summed E-state index contributed by atoms with van der Waals surface area (Å²) in [6.07, 6.45) is 8.41. The van der Waals surface area contributed by atoms with Crippen LogP contribution in [0.2, 0.25) is 0 Å². The number of thiazole rings is 2. The Labute approximate surface area is 339 Å². The Morgan fingerprint density at radius 2 is 1.43 bits per heavy atom. The lowest BCUT2D eigenvalue weighted by Gasteiger charge is -2.12. The summed E-state index contributed by atoms with van der Waals surface area (Å²) < 4.78 is 41.0. The second-order valence-electron chi connectivity index (χ2n) is 13.2. The standard InChI is InChI=1S/C42H41F2N7OS4/c1-7-48-21-12-11-14-28(48)23-34-50(9-3)39(37(54-34)41-46(5)31-20-17-26(43)22-33(31)53-41)45-27-18-19-29(49(8-2)25-27)24-35-51(10-4)40(52)38(55-35)42-47(6)32-16-13-15-30(44)36(32)56-42/h11-25H,7-10H2,1-6H3/q+2. The Balaban J connectivity index is 1.29. The molecule has 8 rings (SSSR count). The zero-order chi connectivity index (χ0) is 39.2. The zero-order valence-electron chi connectivity index (χ0n) is 31.9. The van der Waals surface area contributed by atoms with Gasteiger partial charge in [0.1, 0.15) is 58.9 Å². The predicted molar refractivity (Wildman–Crippen MR) is 226 cm³/mol. The Morgan fingerprint density at radius 1 is 0.732 bits per heavy atom. The fourth-order valence-electron chi connectivity index (χ4n) is 7.03. The predicted octanol–water partition coefficient (Wildman–Crippen LogP) is 5.21. The number of anilines is 2. The van der Waals surface area contributed by atoms with Crippen LogP contribution < -0.4 is 48.4 Å². The van der Waals surface area contributed by atoms with Gasteiger partial charge in [-0.1, -0.05) is 29.6 Å². The molecule has 56 heavy (non-hydrogen) atoms. The molecule has 0 saturated carbocycles. The lowest BCUT2D eigenvalue weighted by Crippen LogP contribution is -2.38. The molecule has 0 N–H and O–H groups in total. The molecule has 2 aliphatic heterocycles. The first kappa shape index (κ1) is 38.1. The van der Waals surface area contributed by atoms with Crippen LogP contribution in [0.3, 0.4) is 0 Å². The molecule has 4 aromatic heterocycles. The summed E-state index contributed by atoms with van der Waals surface area (Å²) in [5.41, 5.74) is 5.29. The summed E-state index contributed by atoms with van der Waals surface area (Å²) in [5, 5.41) is 1.74. The third-order valence-electron chi connectivity index (χ3n) is 9.95. The van der Waals surface area contributed by atoms with Crippen molar-refractivity contribution < 1.29 is 17.9 Å². The molecule has 2 aromatic carbocycles. The first-order chi connectivity index (χ1) is 27.1. The summed E-state index contributed by atoms with van der Waals surface area (Å²) in [4.78, 5) is 24.6. The third-order valence-corrected chi connectivity index (χ3v) is 15.0. The minimum absolute atomic E-state index is 0.0835. The normalized spacial score (nSPS) is 16.8. The van der Waals surface area contributed by atoms with E-state index in [1.165, 1.54) is 35.2 Å². The van der Waals surface area contributed by atoms with Crippen molar-refractivity contribution in [2.75, 3.05) is 23.9 Å². The van der Waals surface area contributed by atoms with Crippen LogP contribution in [0.4, 0.5) is 25.8 Å². The van der Waals surface area contributed by atoms with Gasteiger partial charge in [0.05, 0.1) is 16.3 Å². The molecule has 0 amide bonds. The van der Waals surface area contributed by atoms with E-state index in [-0.39, 0.29) is 17.2 Å². The molecule has 6 heterocycles. The molecule has 0 aliphatic carbocycles. The van der Waals surface area contributed by atoms with Gasteiger partial charge in [-0.05, 0) is 70.2 Å². The van der Waals surface area contributed by atoms with Crippen LogP contribution in [-0.2, 0) is 26.2 Å². The van der Waals surface area contributed by atoms with E-state index in [9.17, 15) is 13.6 Å². The van der Waals surface area contributed by atoms with Crippen molar-refractivity contribution in [3.63, 3.8) is 0 Å².